The summed E-state index contributed by atoms with van der Waals surface area (Å²) < 4.78 is 7.07. The summed E-state index contributed by atoms with van der Waals surface area (Å²) in [7, 11) is 0. The van der Waals surface area contributed by atoms with Crippen LogP contribution in [0.15, 0.2) is 27.1 Å². The molecule has 0 spiro atoms. The lowest BCUT2D eigenvalue weighted by molar-refractivity contribution is 0.485. The number of rotatable bonds is 5. The number of nitrogens with zero attached hydrogens (tertiary/aromatic N) is 6. The smallest absolute Gasteiger partial charge is 0.226 e. The molecule has 0 saturated heterocycles. The van der Waals surface area contributed by atoms with Crippen molar-refractivity contribution in [2.24, 2.45) is 0 Å². The van der Waals surface area contributed by atoms with Crippen LogP contribution in [0.5, 0.6) is 0 Å². The van der Waals surface area contributed by atoms with Gasteiger partial charge in [-0.2, -0.15) is 0 Å². The molecule has 3 heterocycles. The van der Waals surface area contributed by atoms with E-state index in [1.54, 1.807) is 22.9 Å². The van der Waals surface area contributed by atoms with Crippen LogP contribution in [0.1, 0.15) is 16.7 Å². The minimum Gasteiger partial charge on any atom is -0.425 e. The quantitative estimate of drug-likeness (QED) is 0.663. The van der Waals surface area contributed by atoms with Crippen LogP contribution in [-0.4, -0.2) is 30.4 Å². The number of aromatic nitrogens is 6. The average molecular weight is 294 g/mol. The second-order valence-electron chi connectivity index (χ2n) is 3.70. The molecule has 0 fully saturated rings. The van der Waals surface area contributed by atoms with Gasteiger partial charge in [0.25, 0.3) is 0 Å². The molecule has 0 aliphatic carbocycles. The van der Waals surface area contributed by atoms with Crippen LogP contribution in [0, 0.1) is 6.92 Å². The van der Waals surface area contributed by atoms with Crippen LogP contribution in [0.3, 0.4) is 0 Å². The molecule has 0 radical (unpaired) electrons. The molecule has 19 heavy (non-hydrogen) atoms. The van der Waals surface area contributed by atoms with Gasteiger partial charge in [-0.15, -0.1) is 26.6 Å². The van der Waals surface area contributed by atoms with Gasteiger partial charge >= 0.3 is 0 Å². The van der Waals surface area contributed by atoms with E-state index in [-0.39, 0.29) is 0 Å². The van der Waals surface area contributed by atoms with Gasteiger partial charge in [0.1, 0.15) is 0 Å². The van der Waals surface area contributed by atoms with E-state index in [1.807, 2.05) is 11.4 Å². The van der Waals surface area contributed by atoms with Crippen molar-refractivity contribution < 1.29 is 4.42 Å². The predicted molar refractivity (Wildman–Crippen MR) is 69.8 cm³/mol. The largest absolute Gasteiger partial charge is 0.425 e. The van der Waals surface area contributed by atoms with Gasteiger partial charge in [-0.1, -0.05) is 17.8 Å². The van der Waals surface area contributed by atoms with E-state index in [1.165, 1.54) is 16.6 Å². The third-order valence-electron chi connectivity index (χ3n) is 2.28. The lowest BCUT2D eigenvalue weighted by atomic mass is 10.5. The molecule has 0 bridgehead atoms. The van der Waals surface area contributed by atoms with Crippen molar-refractivity contribution in [2.75, 3.05) is 0 Å². The van der Waals surface area contributed by atoms with Gasteiger partial charge in [0, 0.05) is 11.8 Å². The van der Waals surface area contributed by atoms with E-state index < -0.39 is 0 Å². The summed E-state index contributed by atoms with van der Waals surface area (Å²) in [5, 5.41) is 22.2. The molecule has 3 aromatic heterocycles. The molecule has 0 aromatic carbocycles. The lowest BCUT2D eigenvalue weighted by Crippen LogP contribution is -2.02. The molecule has 3 rings (SSSR count). The molecule has 0 atom stereocenters. The first-order valence-electron chi connectivity index (χ1n) is 5.51. The summed E-state index contributed by atoms with van der Waals surface area (Å²) in [6, 6.07) is 4.07. The number of tetrazole rings is 1. The van der Waals surface area contributed by atoms with Crippen molar-refractivity contribution in [3.8, 4) is 0 Å². The summed E-state index contributed by atoms with van der Waals surface area (Å²) in [6.07, 6.45) is 0. The topological polar surface area (TPSA) is 82.5 Å². The molecule has 0 unspecified atom stereocenters. The minimum absolute atomic E-state index is 0.561. The third kappa shape index (κ3) is 2.99. The molecule has 98 valence electrons. The zero-order valence-corrected chi connectivity index (χ0v) is 11.7. The summed E-state index contributed by atoms with van der Waals surface area (Å²) in [5.74, 6) is 1.70. The second kappa shape index (κ2) is 5.49. The molecular formula is C10H10N6OS2. The first-order chi connectivity index (χ1) is 9.31. The second-order valence-corrected chi connectivity index (χ2v) is 5.68. The maximum absolute atomic E-state index is 5.31. The van der Waals surface area contributed by atoms with E-state index in [0.29, 0.717) is 24.1 Å². The van der Waals surface area contributed by atoms with Crippen molar-refractivity contribution in [3.63, 3.8) is 0 Å². The Balaban J connectivity index is 1.66. The predicted octanol–water partition coefficient (Wildman–Crippen LogP) is 1.77. The zero-order chi connectivity index (χ0) is 13.1. The Bertz CT molecular complexity index is 647. The van der Waals surface area contributed by atoms with Crippen molar-refractivity contribution in [1.82, 2.24) is 30.4 Å². The summed E-state index contributed by atoms with van der Waals surface area (Å²) in [4.78, 5) is 1.21. The Labute approximate surface area is 117 Å². The number of hydrogen-bond acceptors (Lipinski definition) is 8. The first kappa shape index (κ1) is 12.3. The van der Waals surface area contributed by atoms with Gasteiger partial charge in [-0.05, 0) is 21.9 Å². The van der Waals surface area contributed by atoms with Crippen molar-refractivity contribution in [2.45, 2.75) is 24.4 Å². The Morgan fingerprint density at radius 2 is 2.32 bits per heavy atom. The van der Waals surface area contributed by atoms with Gasteiger partial charge in [-0.25, -0.2) is 4.68 Å². The van der Waals surface area contributed by atoms with Crippen LogP contribution in [0.25, 0.3) is 0 Å². The summed E-state index contributed by atoms with van der Waals surface area (Å²) >= 11 is 3.16. The Morgan fingerprint density at radius 1 is 1.37 bits per heavy atom. The van der Waals surface area contributed by atoms with Crippen LogP contribution in [-0.2, 0) is 12.3 Å². The third-order valence-corrected chi connectivity index (χ3v) is 4.08. The van der Waals surface area contributed by atoms with Crippen LogP contribution < -0.4 is 0 Å². The first-order valence-corrected chi connectivity index (χ1v) is 7.38. The molecule has 0 amide bonds. The highest BCUT2D eigenvalue weighted by molar-refractivity contribution is 7.98. The van der Waals surface area contributed by atoms with Crippen LogP contribution in [0.4, 0.5) is 0 Å². The molecule has 9 heteroatoms. The highest BCUT2D eigenvalue weighted by Gasteiger charge is 2.10. The van der Waals surface area contributed by atoms with E-state index in [4.69, 9.17) is 4.42 Å². The minimum atomic E-state index is 0.561. The monoisotopic (exact) mass is 294 g/mol. The number of thioether (sulfide) groups is 1. The zero-order valence-electron chi connectivity index (χ0n) is 10.1. The highest BCUT2D eigenvalue weighted by Crippen LogP contribution is 2.20. The van der Waals surface area contributed by atoms with Gasteiger partial charge in [0.2, 0.25) is 16.9 Å². The number of thiophene rings is 1. The van der Waals surface area contributed by atoms with Gasteiger partial charge in [0.15, 0.2) is 0 Å². The fraction of sp³-hybridized carbons (Fsp3) is 0.300. The summed E-state index contributed by atoms with van der Waals surface area (Å²) in [5.41, 5.74) is 0. The van der Waals surface area contributed by atoms with Crippen molar-refractivity contribution in [3.05, 3.63) is 34.2 Å². The fourth-order valence-corrected chi connectivity index (χ4v) is 2.87. The summed E-state index contributed by atoms with van der Waals surface area (Å²) in [6.45, 7) is 2.44. The normalized spacial score (nSPS) is 11.0. The molecule has 0 aliphatic heterocycles. The molecule has 0 saturated carbocycles. The van der Waals surface area contributed by atoms with Gasteiger partial charge < -0.3 is 4.42 Å². The Hall–Kier alpha value is -1.74. The maximum Gasteiger partial charge on any atom is 0.226 e. The van der Waals surface area contributed by atoms with E-state index in [9.17, 15) is 0 Å². The number of aryl methyl sites for hydroxylation is 1. The van der Waals surface area contributed by atoms with Crippen molar-refractivity contribution >= 4 is 23.1 Å². The molecule has 3 aromatic rings. The fourth-order valence-electron chi connectivity index (χ4n) is 1.47. The van der Waals surface area contributed by atoms with Crippen LogP contribution >= 0.6 is 23.1 Å². The standard InChI is InChI=1S/C10H10N6OS2/c1-7-11-12-9(17-7)6-19-10-13-14-15-16(10)5-8-3-2-4-18-8/h2-4H,5-6H2,1H3. The van der Waals surface area contributed by atoms with Gasteiger partial charge in [-0.3, -0.25) is 0 Å². The Kier molecular flexibility index (Phi) is 3.56. The van der Waals surface area contributed by atoms with E-state index in [2.05, 4.69) is 31.8 Å². The van der Waals surface area contributed by atoms with Gasteiger partial charge in [0.05, 0.1) is 12.3 Å². The highest BCUT2D eigenvalue weighted by atomic mass is 32.2. The van der Waals surface area contributed by atoms with E-state index in [0.717, 1.165) is 5.16 Å². The molecular weight excluding hydrogens is 284 g/mol. The Morgan fingerprint density at radius 3 is 3.05 bits per heavy atom. The average Bonchev–Trinajstić information content (AvgIpc) is 3.10. The maximum atomic E-state index is 5.31. The SMILES string of the molecule is Cc1nnc(CSc2nnnn2Cc2cccs2)o1. The lowest BCUT2D eigenvalue weighted by Gasteiger charge is -2.00. The molecule has 7 nitrogen and oxygen atoms in total. The van der Waals surface area contributed by atoms with E-state index >= 15 is 0 Å². The molecule has 0 aliphatic rings. The van der Waals surface area contributed by atoms with Crippen LogP contribution in [0.2, 0.25) is 0 Å². The number of hydrogen-bond donors (Lipinski definition) is 0. The molecule has 0 N–H and O–H groups in total. The van der Waals surface area contributed by atoms with Crippen molar-refractivity contribution in [1.29, 1.82) is 0 Å².